The van der Waals surface area contributed by atoms with Gasteiger partial charge in [-0.15, -0.1) is 0 Å². The Bertz CT molecular complexity index is 265. The third-order valence-electron chi connectivity index (χ3n) is 3.89. The number of piperidine rings is 1. The van der Waals surface area contributed by atoms with Gasteiger partial charge in [-0.05, 0) is 44.7 Å². The molecule has 3 N–H and O–H groups in total. The predicted octanol–water partition coefficient (Wildman–Crippen LogP) is 0.572. The van der Waals surface area contributed by atoms with E-state index in [-0.39, 0.29) is 11.8 Å². The maximum Gasteiger partial charge on any atom is 0.221 e. The first-order valence-electron chi connectivity index (χ1n) is 6.90. The summed E-state index contributed by atoms with van der Waals surface area (Å²) < 4.78 is 0. The first-order chi connectivity index (χ1) is 8.15. The Morgan fingerprint density at radius 1 is 1.47 bits per heavy atom. The normalized spacial score (nSPS) is 27.9. The van der Waals surface area contributed by atoms with Gasteiger partial charge in [0.2, 0.25) is 5.91 Å². The molecule has 2 atom stereocenters. The molecular formula is C13H25N3O. The zero-order valence-corrected chi connectivity index (χ0v) is 10.8. The van der Waals surface area contributed by atoms with Crippen molar-refractivity contribution in [2.45, 2.75) is 38.6 Å². The Morgan fingerprint density at radius 2 is 2.24 bits per heavy atom. The number of nitrogens with one attached hydrogen (secondary N) is 1. The van der Waals surface area contributed by atoms with E-state index in [1.165, 1.54) is 25.7 Å². The summed E-state index contributed by atoms with van der Waals surface area (Å²) in [6.07, 6.45) is 5.29. The van der Waals surface area contributed by atoms with Crippen LogP contribution in [0.4, 0.5) is 0 Å². The van der Waals surface area contributed by atoms with Gasteiger partial charge in [0, 0.05) is 25.0 Å². The highest BCUT2D eigenvalue weighted by Gasteiger charge is 2.25. The molecule has 1 saturated carbocycles. The number of hydrogen-bond acceptors (Lipinski definition) is 3. The van der Waals surface area contributed by atoms with E-state index in [0.717, 1.165) is 38.1 Å². The Kier molecular flexibility index (Phi) is 4.40. The molecular weight excluding hydrogens is 214 g/mol. The van der Waals surface area contributed by atoms with Gasteiger partial charge in [-0.25, -0.2) is 0 Å². The van der Waals surface area contributed by atoms with Crippen molar-refractivity contribution >= 4 is 5.91 Å². The van der Waals surface area contributed by atoms with E-state index in [0.29, 0.717) is 0 Å². The molecule has 2 fully saturated rings. The van der Waals surface area contributed by atoms with Crippen molar-refractivity contribution in [1.82, 2.24) is 10.2 Å². The topological polar surface area (TPSA) is 58.4 Å². The molecule has 0 aromatic rings. The van der Waals surface area contributed by atoms with Gasteiger partial charge in [-0.2, -0.15) is 0 Å². The molecule has 4 heteroatoms. The zero-order chi connectivity index (χ0) is 12.3. The highest BCUT2D eigenvalue weighted by atomic mass is 16.1. The van der Waals surface area contributed by atoms with Gasteiger partial charge >= 0.3 is 0 Å². The second-order valence-electron chi connectivity index (χ2n) is 5.75. The number of hydrogen-bond donors (Lipinski definition) is 2. The molecule has 1 aliphatic heterocycles. The van der Waals surface area contributed by atoms with Gasteiger partial charge in [0.25, 0.3) is 0 Å². The van der Waals surface area contributed by atoms with Crippen molar-refractivity contribution in [3.8, 4) is 0 Å². The van der Waals surface area contributed by atoms with E-state index in [2.05, 4.69) is 10.2 Å². The van der Waals surface area contributed by atoms with Crippen LogP contribution < -0.4 is 11.1 Å². The molecule has 1 amide bonds. The minimum absolute atomic E-state index is 0.0230. The molecule has 1 heterocycles. The first-order valence-corrected chi connectivity index (χ1v) is 6.90. The van der Waals surface area contributed by atoms with Crippen LogP contribution in [-0.4, -0.2) is 43.0 Å². The van der Waals surface area contributed by atoms with Crippen molar-refractivity contribution in [1.29, 1.82) is 0 Å². The predicted molar refractivity (Wildman–Crippen MR) is 68.5 cm³/mol. The smallest absolute Gasteiger partial charge is 0.221 e. The average molecular weight is 239 g/mol. The van der Waals surface area contributed by atoms with Gasteiger partial charge in [-0.3, -0.25) is 4.79 Å². The summed E-state index contributed by atoms with van der Waals surface area (Å²) in [5, 5.41) is 3.60. The summed E-state index contributed by atoms with van der Waals surface area (Å²) in [6, 6.07) is 0.801. The highest BCUT2D eigenvalue weighted by Crippen LogP contribution is 2.21. The number of amides is 1. The van der Waals surface area contributed by atoms with Gasteiger partial charge in [-0.1, -0.05) is 6.92 Å². The van der Waals surface area contributed by atoms with E-state index >= 15 is 0 Å². The van der Waals surface area contributed by atoms with Crippen molar-refractivity contribution in [3.05, 3.63) is 0 Å². The molecule has 1 saturated heterocycles. The monoisotopic (exact) mass is 239 g/mol. The molecule has 1 aliphatic carbocycles. The summed E-state index contributed by atoms with van der Waals surface area (Å²) in [5.74, 6) is 0.554. The lowest BCUT2D eigenvalue weighted by Gasteiger charge is -2.34. The van der Waals surface area contributed by atoms with Crippen LogP contribution in [0.25, 0.3) is 0 Å². The summed E-state index contributed by atoms with van der Waals surface area (Å²) in [5.41, 5.74) is 5.32. The fourth-order valence-electron chi connectivity index (χ4n) is 2.58. The van der Waals surface area contributed by atoms with Gasteiger partial charge < -0.3 is 16.0 Å². The van der Waals surface area contributed by atoms with Crippen molar-refractivity contribution in [2.24, 2.45) is 17.6 Å². The Labute approximate surface area is 104 Å². The maximum atomic E-state index is 11.1. The number of nitrogens with zero attached hydrogens (tertiary/aromatic N) is 1. The third-order valence-corrected chi connectivity index (χ3v) is 3.89. The fraction of sp³-hybridized carbons (Fsp3) is 0.923. The highest BCUT2D eigenvalue weighted by molar-refractivity contribution is 5.76. The number of primary amides is 1. The molecule has 17 heavy (non-hydrogen) atoms. The summed E-state index contributed by atoms with van der Waals surface area (Å²) in [4.78, 5) is 13.5. The third kappa shape index (κ3) is 4.28. The lowest BCUT2D eigenvalue weighted by Crippen LogP contribution is -2.43. The minimum atomic E-state index is -0.178. The van der Waals surface area contributed by atoms with E-state index in [4.69, 9.17) is 5.73 Å². The van der Waals surface area contributed by atoms with Gasteiger partial charge in [0.1, 0.15) is 0 Å². The second-order valence-corrected chi connectivity index (χ2v) is 5.75. The SMILES string of the molecule is CC(CN1CCCC(CNC2CC2)C1)C(N)=O. The maximum absolute atomic E-state index is 11.1. The lowest BCUT2D eigenvalue weighted by molar-refractivity contribution is -0.122. The van der Waals surface area contributed by atoms with E-state index in [1.807, 2.05) is 6.92 Å². The van der Waals surface area contributed by atoms with E-state index in [1.54, 1.807) is 0 Å². The lowest BCUT2D eigenvalue weighted by atomic mass is 9.97. The van der Waals surface area contributed by atoms with E-state index in [9.17, 15) is 4.79 Å². The zero-order valence-electron chi connectivity index (χ0n) is 10.8. The Morgan fingerprint density at radius 3 is 2.88 bits per heavy atom. The standard InChI is InChI=1S/C13H25N3O/c1-10(13(14)17)8-16-6-2-3-11(9-16)7-15-12-4-5-12/h10-12,15H,2-9H2,1H3,(H2,14,17). The first kappa shape index (κ1) is 12.8. The van der Waals surface area contributed by atoms with Crippen LogP contribution in [0.1, 0.15) is 32.6 Å². The second kappa shape index (κ2) is 5.83. The number of carbonyl (C=O) groups is 1. The van der Waals surface area contributed by atoms with Crippen LogP contribution in [0.3, 0.4) is 0 Å². The number of carbonyl (C=O) groups excluding carboxylic acids is 1. The minimum Gasteiger partial charge on any atom is -0.369 e. The number of rotatable bonds is 6. The van der Waals surface area contributed by atoms with Gasteiger partial charge in [0.05, 0.1) is 0 Å². The molecule has 0 aromatic heterocycles. The van der Waals surface area contributed by atoms with Crippen molar-refractivity contribution < 1.29 is 4.79 Å². The van der Waals surface area contributed by atoms with Crippen LogP contribution in [0.15, 0.2) is 0 Å². The molecule has 0 radical (unpaired) electrons. The van der Waals surface area contributed by atoms with Crippen LogP contribution >= 0.6 is 0 Å². The quantitative estimate of drug-likeness (QED) is 0.712. The number of nitrogens with two attached hydrogens (primary N) is 1. The summed E-state index contributed by atoms with van der Waals surface area (Å²) in [6.45, 7) is 6.14. The van der Waals surface area contributed by atoms with Crippen LogP contribution in [-0.2, 0) is 4.79 Å². The molecule has 0 aromatic carbocycles. The molecule has 98 valence electrons. The van der Waals surface area contributed by atoms with Crippen molar-refractivity contribution in [3.63, 3.8) is 0 Å². The van der Waals surface area contributed by atoms with Gasteiger partial charge in [0.15, 0.2) is 0 Å². The van der Waals surface area contributed by atoms with Crippen molar-refractivity contribution in [2.75, 3.05) is 26.2 Å². The molecule has 4 nitrogen and oxygen atoms in total. The van der Waals surface area contributed by atoms with Crippen LogP contribution in [0, 0.1) is 11.8 Å². The number of likely N-dealkylation sites (tertiary alicyclic amines) is 1. The summed E-state index contributed by atoms with van der Waals surface area (Å²) in [7, 11) is 0. The average Bonchev–Trinajstić information content (AvgIpc) is 3.10. The largest absolute Gasteiger partial charge is 0.369 e. The summed E-state index contributed by atoms with van der Waals surface area (Å²) >= 11 is 0. The molecule has 0 spiro atoms. The molecule has 0 bridgehead atoms. The molecule has 2 rings (SSSR count). The molecule has 2 unspecified atom stereocenters. The Balaban J connectivity index is 1.69. The Hall–Kier alpha value is -0.610. The fourth-order valence-corrected chi connectivity index (χ4v) is 2.58. The molecule has 2 aliphatic rings. The van der Waals surface area contributed by atoms with E-state index < -0.39 is 0 Å². The van der Waals surface area contributed by atoms with Crippen LogP contribution in [0.2, 0.25) is 0 Å². The van der Waals surface area contributed by atoms with Crippen LogP contribution in [0.5, 0.6) is 0 Å².